The number of hydrogen-bond donors (Lipinski definition) is 0. The Balaban J connectivity index is 2.00. The van der Waals surface area contributed by atoms with Gasteiger partial charge in [-0.1, -0.05) is 26.2 Å². The molecule has 1 fully saturated rings. The molecule has 0 heterocycles. The lowest BCUT2D eigenvalue weighted by Gasteiger charge is -2.29. The average molecular weight is 282 g/mol. The number of halogens is 2. The molecule has 1 nitrogen and oxygen atoms in total. The van der Waals surface area contributed by atoms with Crippen LogP contribution in [0.5, 0.6) is 5.75 Å². The Kier molecular flexibility index (Phi) is 5.38. The molecule has 0 spiro atoms. The molecule has 0 atom stereocenters. The summed E-state index contributed by atoms with van der Waals surface area (Å²) in [4.78, 5) is 0. The molecule has 0 N–H and O–H groups in total. The number of benzene rings is 1. The van der Waals surface area contributed by atoms with Gasteiger partial charge in [-0.05, 0) is 55.2 Å². The standard InChI is InChI=1S/C17H24F2O/c1-3-4-5-12-6-8-13(9-7-12)14-10-15(18)17(20-2)16(19)11-14/h10-13H,3-9H2,1-2H3. The van der Waals surface area contributed by atoms with Crippen molar-refractivity contribution in [1.29, 1.82) is 0 Å². The minimum atomic E-state index is -0.587. The van der Waals surface area contributed by atoms with Crippen molar-refractivity contribution in [3.63, 3.8) is 0 Å². The van der Waals surface area contributed by atoms with Crippen LogP contribution in [0.3, 0.4) is 0 Å². The minimum absolute atomic E-state index is 0.273. The third kappa shape index (κ3) is 3.50. The summed E-state index contributed by atoms with van der Waals surface area (Å²) in [5.74, 6) is -0.349. The molecule has 20 heavy (non-hydrogen) atoms. The van der Waals surface area contributed by atoms with Crippen LogP contribution in [0.15, 0.2) is 12.1 Å². The molecular formula is C17H24F2O. The smallest absolute Gasteiger partial charge is 0.190 e. The molecule has 0 unspecified atom stereocenters. The molecular weight excluding hydrogens is 258 g/mol. The van der Waals surface area contributed by atoms with Crippen LogP contribution in [-0.4, -0.2) is 7.11 Å². The van der Waals surface area contributed by atoms with Crippen molar-refractivity contribution >= 4 is 0 Å². The topological polar surface area (TPSA) is 9.23 Å². The summed E-state index contributed by atoms with van der Waals surface area (Å²) in [6.07, 6.45) is 8.28. The summed E-state index contributed by atoms with van der Waals surface area (Å²) >= 11 is 0. The Morgan fingerprint density at radius 1 is 1.10 bits per heavy atom. The van der Waals surface area contributed by atoms with Crippen molar-refractivity contribution in [2.75, 3.05) is 7.11 Å². The highest BCUT2D eigenvalue weighted by Gasteiger charge is 2.24. The van der Waals surface area contributed by atoms with Gasteiger partial charge in [0.2, 0.25) is 0 Å². The molecule has 0 saturated heterocycles. The molecule has 1 aliphatic carbocycles. The SMILES string of the molecule is CCCCC1CCC(c2cc(F)c(OC)c(F)c2)CC1. The second-order valence-corrected chi connectivity index (χ2v) is 5.88. The summed E-state index contributed by atoms with van der Waals surface area (Å²) in [7, 11) is 1.29. The predicted molar refractivity (Wildman–Crippen MR) is 77.1 cm³/mol. The summed E-state index contributed by atoms with van der Waals surface area (Å²) in [6, 6.07) is 2.89. The van der Waals surface area contributed by atoms with Crippen LogP contribution in [0.4, 0.5) is 8.78 Å². The van der Waals surface area contributed by atoms with Crippen molar-refractivity contribution in [2.24, 2.45) is 5.92 Å². The third-order valence-corrected chi connectivity index (χ3v) is 4.51. The summed E-state index contributed by atoms with van der Waals surface area (Å²) in [6.45, 7) is 2.22. The van der Waals surface area contributed by atoms with Gasteiger partial charge < -0.3 is 4.74 Å². The van der Waals surface area contributed by atoms with Crippen LogP contribution < -0.4 is 4.74 Å². The van der Waals surface area contributed by atoms with E-state index in [9.17, 15) is 8.78 Å². The molecule has 0 amide bonds. The molecule has 1 aliphatic rings. The molecule has 0 radical (unpaired) electrons. The fraction of sp³-hybridized carbons (Fsp3) is 0.647. The molecule has 1 aromatic carbocycles. The van der Waals surface area contributed by atoms with Gasteiger partial charge >= 0.3 is 0 Å². The first-order chi connectivity index (χ1) is 9.65. The van der Waals surface area contributed by atoms with E-state index < -0.39 is 11.6 Å². The zero-order valence-corrected chi connectivity index (χ0v) is 12.4. The van der Waals surface area contributed by atoms with E-state index in [1.165, 1.54) is 51.3 Å². The normalized spacial score (nSPS) is 22.8. The van der Waals surface area contributed by atoms with Crippen molar-refractivity contribution in [3.05, 3.63) is 29.3 Å². The van der Waals surface area contributed by atoms with Crippen molar-refractivity contribution in [2.45, 2.75) is 57.8 Å². The second-order valence-electron chi connectivity index (χ2n) is 5.88. The van der Waals surface area contributed by atoms with E-state index in [0.717, 1.165) is 24.3 Å². The lowest BCUT2D eigenvalue weighted by molar-refractivity contribution is 0.302. The lowest BCUT2D eigenvalue weighted by Crippen LogP contribution is -2.14. The monoisotopic (exact) mass is 282 g/mol. The molecule has 0 aliphatic heterocycles. The molecule has 0 aromatic heterocycles. The summed E-state index contributed by atoms with van der Waals surface area (Å²) in [5.41, 5.74) is 0.787. The highest BCUT2D eigenvalue weighted by Crippen LogP contribution is 2.39. The largest absolute Gasteiger partial charge is 0.491 e. The first-order valence-electron chi connectivity index (χ1n) is 7.68. The van der Waals surface area contributed by atoms with Crippen molar-refractivity contribution in [1.82, 2.24) is 0 Å². The Labute approximate surface area is 120 Å². The van der Waals surface area contributed by atoms with Gasteiger partial charge in [0.25, 0.3) is 0 Å². The highest BCUT2D eigenvalue weighted by atomic mass is 19.1. The zero-order valence-electron chi connectivity index (χ0n) is 12.4. The Morgan fingerprint density at radius 3 is 2.20 bits per heavy atom. The van der Waals surface area contributed by atoms with E-state index in [1.807, 2.05) is 0 Å². The van der Waals surface area contributed by atoms with Gasteiger partial charge in [0, 0.05) is 0 Å². The number of unbranched alkanes of at least 4 members (excludes halogenated alkanes) is 1. The Hall–Kier alpha value is -1.12. The van der Waals surface area contributed by atoms with Crippen molar-refractivity contribution in [3.8, 4) is 5.75 Å². The maximum Gasteiger partial charge on any atom is 0.190 e. The first kappa shape index (κ1) is 15.3. The molecule has 1 aromatic rings. The highest BCUT2D eigenvalue weighted by molar-refractivity contribution is 5.33. The quantitative estimate of drug-likeness (QED) is 0.699. The van der Waals surface area contributed by atoms with E-state index in [4.69, 9.17) is 4.74 Å². The van der Waals surface area contributed by atoms with E-state index in [0.29, 0.717) is 5.92 Å². The van der Waals surface area contributed by atoms with Gasteiger partial charge in [-0.2, -0.15) is 0 Å². The number of hydrogen-bond acceptors (Lipinski definition) is 1. The van der Waals surface area contributed by atoms with Gasteiger partial charge in [-0.3, -0.25) is 0 Å². The fourth-order valence-corrected chi connectivity index (χ4v) is 3.29. The van der Waals surface area contributed by atoms with Gasteiger partial charge in [-0.25, -0.2) is 8.78 Å². The van der Waals surface area contributed by atoms with E-state index in [2.05, 4.69) is 6.92 Å². The average Bonchev–Trinajstić information content (AvgIpc) is 2.45. The third-order valence-electron chi connectivity index (χ3n) is 4.51. The van der Waals surface area contributed by atoms with Crippen LogP contribution in [0.25, 0.3) is 0 Å². The number of rotatable bonds is 5. The van der Waals surface area contributed by atoms with E-state index in [1.54, 1.807) is 0 Å². The van der Waals surface area contributed by atoms with Gasteiger partial charge in [0.1, 0.15) is 0 Å². The molecule has 1 saturated carbocycles. The van der Waals surface area contributed by atoms with Crippen LogP contribution in [-0.2, 0) is 0 Å². The number of ether oxygens (including phenoxy) is 1. The van der Waals surface area contributed by atoms with Crippen molar-refractivity contribution < 1.29 is 13.5 Å². The van der Waals surface area contributed by atoms with Crippen LogP contribution >= 0.6 is 0 Å². The summed E-state index contributed by atoms with van der Waals surface area (Å²) in [5, 5.41) is 0. The Morgan fingerprint density at radius 2 is 1.70 bits per heavy atom. The van der Waals surface area contributed by atoms with Crippen LogP contribution in [0, 0.1) is 17.6 Å². The molecule has 0 bridgehead atoms. The summed E-state index contributed by atoms with van der Waals surface area (Å²) < 4.78 is 32.2. The maximum atomic E-state index is 13.7. The lowest BCUT2D eigenvalue weighted by atomic mass is 9.77. The fourth-order valence-electron chi connectivity index (χ4n) is 3.29. The number of methoxy groups -OCH3 is 1. The second kappa shape index (κ2) is 7.05. The molecule has 3 heteroatoms. The van der Waals surface area contributed by atoms with E-state index >= 15 is 0 Å². The zero-order chi connectivity index (χ0) is 14.5. The molecule has 2 rings (SSSR count). The van der Waals surface area contributed by atoms with Crippen LogP contribution in [0.1, 0.15) is 63.4 Å². The first-order valence-corrected chi connectivity index (χ1v) is 7.68. The minimum Gasteiger partial charge on any atom is -0.491 e. The van der Waals surface area contributed by atoms with Crippen LogP contribution in [0.2, 0.25) is 0 Å². The molecule has 112 valence electrons. The van der Waals surface area contributed by atoms with Gasteiger partial charge in [0.15, 0.2) is 17.4 Å². The van der Waals surface area contributed by atoms with E-state index in [-0.39, 0.29) is 5.75 Å². The maximum absolute atomic E-state index is 13.7. The predicted octanol–water partition coefficient (Wildman–Crippen LogP) is 5.44. The Bertz CT molecular complexity index is 414. The van der Waals surface area contributed by atoms with Gasteiger partial charge in [0.05, 0.1) is 7.11 Å². The van der Waals surface area contributed by atoms with Gasteiger partial charge in [-0.15, -0.1) is 0 Å².